The topological polar surface area (TPSA) is 32.3 Å². The Morgan fingerprint density at radius 2 is 2.07 bits per heavy atom. The van der Waals surface area contributed by atoms with E-state index >= 15 is 0 Å². The summed E-state index contributed by atoms with van der Waals surface area (Å²) < 4.78 is 0. The van der Waals surface area contributed by atoms with Crippen LogP contribution in [0.3, 0.4) is 0 Å². The van der Waals surface area contributed by atoms with Gasteiger partial charge in [0, 0.05) is 6.04 Å². The van der Waals surface area contributed by atoms with Gasteiger partial charge in [-0.1, -0.05) is 31.2 Å². The molecule has 2 N–H and O–H groups in total. The number of benzene rings is 1. The quantitative estimate of drug-likeness (QED) is 0.743. The summed E-state index contributed by atoms with van der Waals surface area (Å²) in [6.45, 7) is 5.26. The first-order valence-corrected chi connectivity index (χ1v) is 5.16. The van der Waals surface area contributed by atoms with Crippen molar-refractivity contribution in [3.05, 3.63) is 35.4 Å². The van der Waals surface area contributed by atoms with Crippen LogP contribution in [0.4, 0.5) is 0 Å². The van der Waals surface area contributed by atoms with Crippen LogP contribution in [-0.4, -0.2) is 24.3 Å². The molecule has 0 aliphatic rings. The third kappa shape index (κ3) is 3.13. The highest BCUT2D eigenvalue weighted by atomic mass is 16.3. The van der Waals surface area contributed by atoms with E-state index in [-0.39, 0.29) is 12.6 Å². The average Bonchev–Trinajstić information content (AvgIpc) is 2.20. The predicted octanol–water partition coefficient (Wildman–Crippen LogP) is 1.51. The summed E-state index contributed by atoms with van der Waals surface area (Å²) in [5, 5.41) is 12.4. The second-order valence-corrected chi connectivity index (χ2v) is 3.57. The lowest BCUT2D eigenvalue weighted by molar-refractivity contribution is 0.243. The van der Waals surface area contributed by atoms with E-state index in [1.807, 2.05) is 12.1 Å². The van der Waals surface area contributed by atoms with Gasteiger partial charge in [-0.2, -0.15) is 0 Å². The van der Waals surface area contributed by atoms with Gasteiger partial charge in [-0.3, -0.25) is 0 Å². The Morgan fingerprint density at radius 3 is 2.64 bits per heavy atom. The molecule has 0 radical (unpaired) electrons. The summed E-state index contributed by atoms with van der Waals surface area (Å²) in [6.07, 6.45) is 0.900. The van der Waals surface area contributed by atoms with Gasteiger partial charge in [-0.05, 0) is 31.0 Å². The summed E-state index contributed by atoms with van der Waals surface area (Å²) in [5.41, 5.74) is 2.61. The van der Waals surface area contributed by atoms with Crippen LogP contribution in [0, 0.1) is 6.92 Å². The smallest absolute Gasteiger partial charge is 0.0587 e. The van der Waals surface area contributed by atoms with Crippen molar-refractivity contribution in [1.29, 1.82) is 0 Å². The van der Waals surface area contributed by atoms with Crippen molar-refractivity contribution in [1.82, 2.24) is 5.32 Å². The van der Waals surface area contributed by atoms with Crippen molar-refractivity contribution in [2.24, 2.45) is 0 Å². The Balaban J connectivity index is 2.62. The van der Waals surface area contributed by atoms with Crippen molar-refractivity contribution >= 4 is 0 Å². The lowest BCUT2D eigenvalue weighted by atomic mass is 10.0. The van der Waals surface area contributed by atoms with E-state index in [9.17, 15) is 0 Å². The first-order chi connectivity index (χ1) is 6.77. The SMILES string of the molecule is CCNC(CO)Cc1ccccc1C. The van der Waals surface area contributed by atoms with Crippen LogP contribution in [-0.2, 0) is 6.42 Å². The van der Waals surface area contributed by atoms with Crippen LogP contribution in [0.25, 0.3) is 0 Å². The molecule has 0 bridgehead atoms. The van der Waals surface area contributed by atoms with E-state index in [0.29, 0.717) is 0 Å². The molecule has 0 spiro atoms. The molecular weight excluding hydrogens is 174 g/mol. The molecular formula is C12H19NO. The van der Waals surface area contributed by atoms with Crippen LogP contribution < -0.4 is 5.32 Å². The fourth-order valence-corrected chi connectivity index (χ4v) is 1.59. The van der Waals surface area contributed by atoms with Gasteiger partial charge >= 0.3 is 0 Å². The molecule has 1 aromatic carbocycles. The summed E-state index contributed by atoms with van der Waals surface area (Å²) in [4.78, 5) is 0. The predicted molar refractivity (Wildman–Crippen MR) is 59.4 cm³/mol. The van der Waals surface area contributed by atoms with Crippen LogP contribution in [0.1, 0.15) is 18.1 Å². The Labute approximate surface area is 86.0 Å². The van der Waals surface area contributed by atoms with Crippen molar-refractivity contribution < 1.29 is 5.11 Å². The van der Waals surface area contributed by atoms with E-state index in [2.05, 4.69) is 31.3 Å². The number of hydrogen-bond acceptors (Lipinski definition) is 2. The number of likely N-dealkylation sites (N-methyl/N-ethyl adjacent to an activating group) is 1. The molecule has 0 saturated heterocycles. The molecule has 0 aliphatic carbocycles. The molecule has 1 rings (SSSR count). The Morgan fingerprint density at radius 1 is 1.36 bits per heavy atom. The summed E-state index contributed by atoms with van der Waals surface area (Å²) in [6, 6.07) is 8.49. The Bertz CT molecular complexity index is 273. The van der Waals surface area contributed by atoms with Crippen molar-refractivity contribution in [3.8, 4) is 0 Å². The third-order valence-electron chi connectivity index (χ3n) is 2.44. The lowest BCUT2D eigenvalue weighted by Crippen LogP contribution is -2.34. The van der Waals surface area contributed by atoms with Crippen LogP contribution in [0.2, 0.25) is 0 Å². The highest BCUT2D eigenvalue weighted by molar-refractivity contribution is 5.26. The first kappa shape index (κ1) is 11.2. The van der Waals surface area contributed by atoms with Gasteiger partial charge in [-0.25, -0.2) is 0 Å². The molecule has 2 heteroatoms. The first-order valence-electron chi connectivity index (χ1n) is 5.16. The van der Waals surface area contributed by atoms with Gasteiger partial charge in [0.05, 0.1) is 6.61 Å². The van der Waals surface area contributed by atoms with E-state index in [4.69, 9.17) is 5.11 Å². The van der Waals surface area contributed by atoms with Gasteiger partial charge in [0.15, 0.2) is 0 Å². The molecule has 0 aromatic heterocycles. The maximum Gasteiger partial charge on any atom is 0.0587 e. The highest BCUT2D eigenvalue weighted by Crippen LogP contribution is 2.09. The fraction of sp³-hybridized carbons (Fsp3) is 0.500. The molecule has 2 nitrogen and oxygen atoms in total. The molecule has 1 atom stereocenters. The largest absolute Gasteiger partial charge is 0.395 e. The second-order valence-electron chi connectivity index (χ2n) is 3.57. The summed E-state index contributed by atoms with van der Waals surface area (Å²) in [5.74, 6) is 0. The highest BCUT2D eigenvalue weighted by Gasteiger charge is 2.07. The molecule has 0 aliphatic heterocycles. The fourth-order valence-electron chi connectivity index (χ4n) is 1.59. The van der Waals surface area contributed by atoms with E-state index in [1.165, 1.54) is 11.1 Å². The molecule has 14 heavy (non-hydrogen) atoms. The monoisotopic (exact) mass is 193 g/mol. The van der Waals surface area contributed by atoms with E-state index in [1.54, 1.807) is 0 Å². The number of rotatable bonds is 5. The Kier molecular flexibility index (Phi) is 4.63. The van der Waals surface area contributed by atoms with Crippen LogP contribution >= 0.6 is 0 Å². The number of aryl methyl sites for hydroxylation is 1. The molecule has 78 valence electrons. The van der Waals surface area contributed by atoms with Gasteiger partial charge in [-0.15, -0.1) is 0 Å². The third-order valence-corrected chi connectivity index (χ3v) is 2.44. The van der Waals surface area contributed by atoms with Gasteiger partial charge in [0.25, 0.3) is 0 Å². The second kappa shape index (κ2) is 5.78. The zero-order valence-corrected chi connectivity index (χ0v) is 8.96. The molecule has 0 heterocycles. The van der Waals surface area contributed by atoms with Crippen molar-refractivity contribution in [2.45, 2.75) is 26.3 Å². The standard InChI is InChI=1S/C12H19NO/c1-3-13-12(9-14)8-11-7-5-4-6-10(11)2/h4-7,12-14H,3,8-9H2,1-2H3. The average molecular weight is 193 g/mol. The minimum Gasteiger partial charge on any atom is -0.395 e. The zero-order valence-electron chi connectivity index (χ0n) is 8.96. The number of aliphatic hydroxyl groups is 1. The molecule has 0 fully saturated rings. The molecule has 1 aromatic rings. The maximum atomic E-state index is 9.15. The summed E-state index contributed by atoms with van der Waals surface area (Å²) in [7, 11) is 0. The van der Waals surface area contributed by atoms with Crippen LogP contribution in [0.5, 0.6) is 0 Å². The zero-order chi connectivity index (χ0) is 10.4. The van der Waals surface area contributed by atoms with Crippen molar-refractivity contribution in [3.63, 3.8) is 0 Å². The van der Waals surface area contributed by atoms with Gasteiger partial charge < -0.3 is 10.4 Å². The lowest BCUT2D eigenvalue weighted by Gasteiger charge is -2.16. The molecule has 0 amide bonds. The van der Waals surface area contributed by atoms with E-state index < -0.39 is 0 Å². The van der Waals surface area contributed by atoms with Gasteiger partial charge in [0.1, 0.15) is 0 Å². The summed E-state index contributed by atoms with van der Waals surface area (Å²) >= 11 is 0. The van der Waals surface area contributed by atoms with Gasteiger partial charge in [0.2, 0.25) is 0 Å². The van der Waals surface area contributed by atoms with E-state index in [0.717, 1.165) is 13.0 Å². The number of nitrogens with one attached hydrogen (secondary N) is 1. The molecule has 0 saturated carbocycles. The normalized spacial score (nSPS) is 12.8. The van der Waals surface area contributed by atoms with Crippen molar-refractivity contribution in [2.75, 3.05) is 13.2 Å². The minimum absolute atomic E-state index is 0.182. The number of hydrogen-bond donors (Lipinski definition) is 2. The number of aliphatic hydroxyl groups excluding tert-OH is 1. The van der Waals surface area contributed by atoms with Crippen LogP contribution in [0.15, 0.2) is 24.3 Å². The Hall–Kier alpha value is -0.860. The maximum absolute atomic E-state index is 9.15. The molecule has 1 unspecified atom stereocenters. The minimum atomic E-state index is 0.182.